The normalized spacial score (nSPS) is 20.7. The van der Waals surface area contributed by atoms with Crippen molar-refractivity contribution in [2.75, 3.05) is 18.0 Å². The number of anilines is 1. The molecule has 1 fully saturated rings. The summed E-state index contributed by atoms with van der Waals surface area (Å²) in [4.78, 5) is 13.4. The molecule has 4 heteroatoms. The lowest BCUT2D eigenvalue weighted by atomic mass is 9.70. The molecule has 1 aliphatic heterocycles. The van der Waals surface area contributed by atoms with Crippen LogP contribution in [-0.4, -0.2) is 18.9 Å². The van der Waals surface area contributed by atoms with E-state index in [1.807, 2.05) is 17.0 Å². The molecule has 19 heavy (non-hydrogen) atoms. The second-order valence-electron chi connectivity index (χ2n) is 5.26. The molecule has 1 spiro atoms. The molecule has 1 saturated heterocycles. The van der Waals surface area contributed by atoms with Crippen LogP contribution in [0.1, 0.15) is 12.8 Å². The Kier molecular flexibility index (Phi) is 2.63. The first-order valence-corrected chi connectivity index (χ1v) is 6.29. The first kappa shape index (κ1) is 11.9. The highest BCUT2D eigenvalue weighted by atomic mass is 19.1. The maximum atomic E-state index is 13.7. The van der Waals surface area contributed by atoms with Crippen LogP contribution in [0.2, 0.25) is 0 Å². The Labute approximate surface area is 110 Å². The molecule has 1 aliphatic carbocycles. The van der Waals surface area contributed by atoms with Crippen LogP contribution in [0.15, 0.2) is 35.9 Å². The fraction of sp³-hybridized carbons (Fsp3) is 0.333. The maximum absolute atomic E-state index is 13.7. The van der Waals surface area contributed by atoms with E-state index in [0.717, 1.165) is 6.42 Å². The fourth-order valence-electron chi connectivity index (χ4n) is 2.89. The Morgan fingerprint density at radius 1 is 1.32 bits per heavy atom. The van der Waals surface area contributed by atoms with Crippen LogP contribution in [0.3, 0.4) is 0 Å². The van der Waals surface area contributed by atoms with E-state index in [0.29, 0.717) is 25.2 Å². The number of hydrogen-bond donors (Lipinski definition) is 0. The number of ketones is 1. The zero-order chi connectivity index (χ0) is 13.5. The third-order valence-electron chi connectivity index (χ3n) is 3.93. The summed E-state index contributed by atoms with van der Waals surface area (Å²) in [6, 6.07) is 8.64. The quantitative estimate of drug-likeness (QED) is 0.775. The van der Waals surface area contributed by atoms with Gasteiger partial charge in [0, 0.05) is 24.9 Å². The largest absolute Gasteiger partial charge is 0.367 e. The van der Waals surface area contributed by atoms with E-state index < -0.39 is 0 Å². The van der Waals surface area contributed by atoms with Crippen molar-refractivity contribution in [2.45, 2.75) is 12.8 Å². The summed E-state index contributed by atoms with van der Waals surface area (Å²) in [5.74, 6) is -0.300. The van der Waals surface area contributed by atoms with Crippen molar-refractivity contribution in [1.82, 2.24) is 0 Å². The molecule has 3 nitrogen and oxygen atoms in total. The molecule has 0 amide bonds. The highest BCUT2D eigenvalue weighted by Gasteiger charge is 2.44. The number of Topliss-reactive ketones (excluding diaryl/α,β-unsaturated/α-hetero) is 1. The van der Waals surface area contributed by atoms with E-state index in [2.05, 4.69) is 0 Å². The molecule has 0 saturated carbocycles. The molecular formula is C15H13FN2O. The summed E-state index contributed by atoms with van der Waals surface area (Å²) in [5.41, 5.74) is 0.734. The molecule has 3 rings (SSSR count). The number of carbonyl (C=O) groups excluding carboxylic acids is 1. The zero-order valence-corrected chi connectivity index (χ0v) is 10.4. The second-order valence-corrected chi connectivity index (χ2v) is 5.26. The van der Waals surface area contributed by atoms with Gasteiger partial charge in [0.2, 0.25) is 0 Å². The Morgan fingerprint density at radius 2 is 2.05 bits per heavy atom. The molecule has 0 bridgehead atoms. The number of nitrogens with zero attached hydrogens (tertiary/aromatic N) is 2. The monoisotopic (exact) mass is 256 g/mol. The molecule has 2 aliphatic rings. The minimum atomic E-state index is -0.228. The zero-order valence-electron chi connectivity index (χ0n) is 10.4. The Balaban J connectivity index is 1.80. The van der Waals surface area contributed by atoms with Crippen LogP contribution in [-0.2, 0) is 4.79 Å². The number of para-hydroxylation sites is 1. The number of halogens is 1. The van der Waals surface area contributed by atoms with E-state index in [-0.39, 0.29) is 22.6 Å². The minimum Gasteiger partial charge on any atom is -0.367 e. The Bertz CT molecular complexity index is 609. The summed E-state index contributed by atoms with van der Waals surface area (Å²) >= 11 is 0. The van der Waals surface area contributed by atoms with Gasteiger partial charge < -0.3 is 4.90 Å². The number of allylic oxidation sites excluding steroid dienone is 1. The minimum absolute atomic E-state index is 0.0718. The summed E-state index contributed by atoms with van der Waals surface area (Å²) in [6.45, 7) is 1.35. The van der Waals surface area contributed by atoms with Crippen molar-refractivity contribution in [3.63, 3.8) is 0 Å². The van der Waals surface area contributed by atoms with Gasteiger partial charge >= 0.3 is 0 Å². The van der Waals surface area contributed by atoms with Gasteiger partial charge in [0.1, 0.15) is 11.9 Å². The average molecular weight is 256 g/mol. The van der Waals surface area contributed by atoms with E-state index in [1.54, 1.807) is 18.2 Å². The van der Waals surface area contributed by atoms with Gasteiger partial charge in [-0.15, -0.1) is 0 Å². The number of carbonyl (C=O) groups is 1. The Hall–Kier alpha value is -2.15. The highest BCUT2D eigenvalue weighted by Crippen LogP contribution is 2.43. The third kappa shape index (κ3) is 1.91. The maximum Gasteiger partial charge on any atom is 0.173 e. The van der Waals surface area contributed by atoms with Gasteiger partial charge in [0.15, 0.2) is 5.78 Å². The van der Waals surface area contributed by atoms with Gasteiger partial charge in [0.25, 0.3) is 0 Å². The average Bonchev–Trinajstić information content (AvgIpc) is 2.38. The van der Waals surface area contributed by atoms with Crippen LogP contribution in [0.25, 0.3) is 0 Å². The van der Waals surface area contributed by atoms with Gasteiger partial charge in [-0.3, -0.25) is 4.79 Å². The number of rotatable bonds is 1. The van der Waals surface area contributed by atoms with E-state index >= 15 is 0 Å². The molecule has 0 N–H and O–H groups in total. The summed E-state index contributed by atoms with van der Waals surface area (Å²) < 4.78 is 13.7. The fourth-order valence-corrected chi connectivity index (χ4v) is 2.89. The number of hydrogen-bond acceptors (Lipinski definition) is 3. The molecule has 0 aromatic heterocycles. The number of nitriles is 1. The van der Waals surface area contributed by atoms with Crippen LogP contribution < -0.4 is 4.90 Å². The smallest absolute Gasteiger partial charge is 0.173 e. The molecule has 1 aromatic carbocycles. The van der Waals surface area contributed by atoms with Crippen LogP contribution >= 0.6 is 0 Å². The van der Waals surface area contributed by atoms with Crippen molar-refractivity contribution in [3.05, 3.63) is 41.7 Å². The second kappa shape index (κ2) is 4.20. The highest BCUT2D eigenvalue weighted by molar-refractivity contribution is 6.00. The summed E-state index contributed by atoms with van der Waals surface area (Å²) in [5, 5.41) is 8.93. The molecule has 0 atom stereocenters. The predicted octanol–water partition coefficient (Wildman–Crippen LogP) is 2.44. The number of benzene rings is 1. The van der Waals surface area contributed by atoms with Gasteiger partial charge in [-0.1, -0.05) is 18.2 Å². The van der Waals surface area contributed by atoms with Crippen LogP contribution in [0.4, 0.5) is 10.1 Å². The topological polar surface area (TPSA) is 44.1 Å². The van der Waals surface area contributed by atoms with E-state index in [9.17, 15) is 9.18 Å². The summed E-state index contributed by atoms with van der Waals surface area (Å²) in [7, 11) is 0. The Morgan fingerprint density at radius 3 is 2.74 bits per heavy atom. The summed E-state index contributed by atoms with van der Waals surface area (Å²) in [6.07, 6.45) is 2.96. The van der Waals surface area contributed by atoms with Crippen molar-refractivity contribution in [3.8, 4) is 6.07 Å². The first-order chi connectivity index (χ1) is 9.13. The van der Waals surface area contributed by atoms with Gasteiger partial charge in [-0.25, -0.2) is 4.39 Å². The van der Waals surface area contributed by atoms with Crippen molar-refractivity contribution >= 4 is 11.5 Å². The van der Waals surface area contributed by atoms with E-state index in [4.69, 9.17) is 5.26 Å². The molecule has 1 heterocycles. The molecule has 1 aromatic rings. The van der Waals surface area contributed by atoms with Crippen molar-refractivity contribution < 1.29 is 9.18 Å². The van der Waals surface area contributed by atoms with Crippen LogP contribution in [0, 0.1) is 22.6 Å². The SMILES string of the molecule is N#CC1=CC2(CCC1=O)CN(c1ccccc1F)C2. The molecule has 96 valence electrons. The van der Waals surface area contributed by atoms with Crippen molar-refractivity contribution in [1.29, 1.82) is 5.26 Å². The lowest BCUT2D eigenvalue weighted by Crippen LogP contribution is -2.57. The first-order valence-electron chi connectivity index (χ1n) is 6.29. The van der Waals surface area contributed by atoms with E-state index in [1.165, 1.54) is 6.07 Å². The predicted molar refractivity (Wildman–Crippen MR) is 69.0 cm³/mol. The van der Waals surface area contributed by atoms with Crippen molar-refractivity contribution in [2.24, 2.45) is 5.41 Å². The lowest BCUT2D eigenvalue weighted by Gasteiger charge is -2.51. The van der Waals surface area contributed by atoms with Gasteiger partial charge in [-0.2, -0.15) is 5.26 Å². The van der Waals surface area contributed by atoms with Gasteiger partial charge in [0.05, 0.1) is 11.3 Å². The van der Waals surface area contributed by atoms with Crippen LogP contribution in [0.5, 0.6) is 0 Å². The van der Waals surface area contributed by atoms with Gasteiger partial charge in [-0.05, 0) is 18.6 Å². The standard InChI is InChI=1S/C15H13FN2O/c16-12-3-1-2-4-13(12)18-9-15(10-18)6-5-14(19)11(7-15)8-17/h1-4,7H,5-6,9-10H2. The molecule has 0 unspecified atom stereocenters. The lowest BCUT2D eigenvalue weighted by molar-refractivity contribution is -0.116. The molecule has 0 radical (unpaired) electrons. The molecular weight excluding hydrogens is 243 g/mol. The third-order valence-corrected chi connectivity index (χ3v) is 3.93.